The SMILES string of the molecule is Nc1cc(-c2ccc(Cl)s2)ccc1[N+](=O)[O-]. The number of nitrogens with two attached hydrogens (primary N) is 1. The second-order valence-corrected chi connectivity index (χ2v) is 4.85. The Kier molecular flexibility index (Phi) is 2.80. The van der Waals surface area contributed by atoms with E-state index in [1.807, 2.05) is 6.07 Å². The summed E-state index contributed by atoms with van der Waals surface area (Å²) in [6, 6.07) is 8.28. The molecule has 0 amide bonds. The van der Waals surface area contributed by atoms with Crippen LogP contribution in [0.25, 0.3) is 10.4 Å². The summed E-state index contributed by atoms with van der Waals surface area (Å²) in [5.41, 5.74) is 6.51. The van der Waals surface area contributed by atoms with Gasteiger partial charge in [-0.15, -0.1) is 11.3 Å². The van der Waals surface area contributed by atoms with Gasteiger partial charge in [0.25, 0.3) is 5.69 Å². The summed E-state index contributed by atoms with van der Waals surface area (Å²) in [4.78, 5) is 11.0. The van der Waals surface area contributed by atoms with Gasteiger partial charge in [-0.2, -0.15) is 0 Å². The van der Waals surface area contributed by atoms with E-state index < -0.39 is 4.92 Å². The molecule has 0 unspecified atom stereocenters. The third-order valence-corrected chi connectivity index (χ3v) is 3.36. The lowest BCUT2D eigenvalue weighted by atomic mass is 10.1. The van der Waals surface area contributed by atoms with E-state index in [2.05, 4.69) is 0 Å². The second kappa shape index (κ2) is 4.11. The van der Waals surface area contributed by atoms with E-state index in [0.717, 1.165) is 10.4 Å². The number of nitrogens with zero attached hydrogens (tertiary/aromatic N) is 1. The molecule has 2 N–H and O–H groups in total. The van der Waals surface area contributed by atoms with Crippen LogP contribution < -0.4 is 5.73 Å². The Morgan fingerprint density at radius 1 is 1.31 bits per heavy atom. The second-order valence-electron chi connectivity index (χ2n) is 3.13. The van der Waals surface area contributed by atoms with E-state index in [1.54, 1.807) is 18.2 Å². The highest BCUT2D eigenvalue weighted by Crippen LogP contribution is 2.34. The molecule has 82 valence electrons. The molecule has 4 nitrogen and oxygen atoms in total. The van der Waals surface area contributed by atoms with Crippen molar-refractivity contribution < 1.29 is 4.92 Å². The van der Waals surface area contributed by atoms with E-state index in [0.29, 0.717) is 4.34 Å². The van der Waals surface area contributed by atoms with Crippen molar-refractivity contribution in [2.75, 3.05) is 5.73 Å². The Morgan fingerprint density at radius 3 is 2.56 bits per heavy atom. The maximum absolute atomic E-state index is 10.6. The first kappa shape index (κ1) is 10.9. The molecule has 6 heteroatoms. The molecule has 0 saturated heterocycles. The van der Waals surface area contributed by atoms with Crippen molar-refractivity contribution in [2.45, 2.75) is 0 Å². The van der Waals surface area contributed by atoms with Gasteiger partial charge in [0, 0.05) is 10.9 Å². The summed E-state index contributed by atoms with van der Waals surface area (Å²) < 4.78 is 0.673. The third kappa shape index (κ3) is 2.00. The van der Waals surface area contributed by atoms with Crippen molar-refractivity contribution >= 4 is 34.3 Å². The summed E-state index contributed by atoms with van der Waals surface area (Å²) in [6.07, 6.45) is 0. The molecular formula is C10H7ClN2O2S. The average molecular weight is 255 g/mol. The molecule has 0 aliphatic rings. The van der Waals surface area contributed by atoms with Gasteiger partial charge in [-0.1, -0.05) is 11.6 Å². The summed E-state index contributed by atoms with van der Waals surface area (Å²) in [5, 5.41) is 10.6. The van der Waals surface area contributed by atoms with Crippen molar-refractivity contribution in [2.24, 2.45) is 0 Å². The lowest BCUT2D eigenvalue weighted by Crippen LogP contribution is -1.95. The minimum atomic E-state index is -0.499. The Bertz CT molecular complexity index is 554. The van der Waals surface area contributed by atoms with Crippen molar-refractivity contribution in [1.29, 1.82) is 0 Å². The standard InChI is InChI=1S/C10H7ClN2O2S/c11-10-4-3-9(16-10)6-1-2-8(13(14)15)7(12)5-6/h1-5H,12H2. The number of hydrogen-bond acceptors (Lipinski definition) is 4. The van der Waals surface area contributed by atoms with Crippen LogP contribution in [0.4, 0.5) is 11.4 Å². The number of benzene rings is 1. The molecule has 2 rings (SSSR count). The molecule has 0 radical (unpaired) electrons. The Labute approximate surface area is 100 Å². The van der Waals surface area contributed by atoms with Gasteiger partial charge in [-0.05, 0) is 29.8 Å². The van der Waals surface area contributed by atoms with Crippen LogP contribution in [-0.4, -0.2) is 4.92 Å². The molecule has 0 aliphatic carbocycles. The zero-order chi connectivity index (χ0) is 11.7. The highest BCUT2D eigenvalue weighted by Gasteiger charge is 2.12. The maximum Gasteiger partial charge on any atom is 0.292 e. The quantitative estimate of drug-likeness (QED) is 0.506. The van der Waals surface area contributed by atoms with Gasteiger partial charge in [-0.25, -0.2) is 0 Å². The number of anilines is 1. The molecule has 1 aromatic heterocycles. The fraction of sp³-hybridized carbons (Fsp3) is 0. The number of thiophene rings is 1. The van der Waals surface area contributed by atoms with Gasteiger partial charge < -0.3 is 5.73 Å². The van der Waals surface area contributed by atoms with E-state index in [-0.39, 0.29) is 11.4 Å². The smallest absolute Gasteiger partial charge is 0.292 e. The molecular weight excluding hydrogens is 248 g/mol. The van der Waals surface area contributed by atoms with Crippen LogP contribution in [0.1, 0.15) is 0 Å². The van der Waals surface area contributed by atoms with Crippen molar-refractivity contribution in [3.63, 3.8) is 0 Å². The Hall–Kier alpha value is -1.59. The van der Waals surface area contributed by atoms with Crippen LogP contribution >= 0.6 is 22.9 Å². The van der Waals surface area contributed by atoms with E-state index >= 15 is 0 Å². The van der Waals surface area contributed by atoms with Crippen molar-refractivity contribution in [3.8, 4) is 10.4 Å². The fourth-order valence-electron chi connectivity index (χ4n) is 1.34. The van der Waals surface area contributed by atoms with Gasteiger partial charge in [0.1, 0.15) is 5.69 Å². The fourth-order valence-corrected chi connectivity index (χ4v) is 2.38. The predicted octanol–water partition coefficient (Wildman–Crippen LogP) is 3.56. The average Bonchev–Trinajstić information content (AvgIpc) is 2.64. The maximum atomic E-state index is 10.6. The Balaban J connectivity index is 2.45. The van der Waals surface area contributed by atoms with Crippen molar-refractivity contribution in [3.05, 3.63) is 44.8 Å². The molecule has 0 aliphatic heterocycles. The number of rotatable bonds is 2. The van der Waals surface area contributed by atoms with E-state index in [9.17, 15) is 10.1 Å². The van der Waals surface area contributed by atoms with Crippen LogP contribution in [0.2, 0.25) is 4.34 Å². The minimum absolute atomic E-state index is 0.0774. The molecule has 0 fully saturated rings. The number of nitro benzene ring substituents is 1. The van der Waals surface area contributed by atoms with Crippen molar-refractivity contribution in [1.82, 2.24) is 0 Å². The van der Waals surface area contributed by atoms with E-state index in [4.69, 9.17) is 17.3 Å². The van der Waals surface area contributed by atoms with Gasteiger partial charge >= 0.3 is 0 Å². The number of halogens is 1. The van der Waals surface area contributed by atoms with E-state index in [1.165, 1.54) is 17.4 Å². The van der Waals surface area contributed by atoms with Crippen LogP contribution in [0.15, 0.2) is 30.3 Å². The summed E-state index contributed by atoms with van der Waals surface area (Å²) in [6.45, 7) is 0. The monoisotopic (exact) mass is 254 g/mol. The molecule has 1 aromatic carbocycles. The van der Waals surface area contributed by atoms with Crippen LogP contribution in [0, 0.1) is 10.1 Å². The molecule has 0 spiro atoms. The van der Waals surface area contributed by atoms with Gasteiger partial charge in [0.15, 0.2) is 0 Å². The summed E-state index contributed by atoms with van der Waals surface area (Å²) in [7, 11) is 0. The highest BCUT2D eigenvalue weighted by atomic mass is 35.5. The van der Waals surface area contributed by atoms with Gasteiger partial charge in [0.05, 0.1) is 9.26 Å². The van der Waals surface area contributed by atoms with Crippen LogP contribution in [0.3, 0.4) is 0 Å². The lowest BCUT2D eigenvalue weighted by molar-refractivity contribution is -0.383. The van der Waals surface area contributed by atoms with Crippen LogP contribution in [0.5, 0.6) is 0 Å². The number of nitro groups is 1. The van der Waals surface area contributed by atoms with Gasteiger partial charge in [0.2, 0.25) is 0 Å². The number of nitrogen functional groups attached to an aromatic ring is 1. The first-order valence-electron chi connectivity index (χ1n) is 4.37. The molecule has 0 atom stereocenters. The molecule has 0 bridgehead atoms. The normalized spacial score (nSPS) is 10.3. The lowest BCUT2D eigenvalue weighted by Gasteiger charge is -2.00. The first-order valence-corrected chi connectivity index (χ1v) is 5.57. The first-order chi connectivity index (χ1) is 7.58. The zero-order valence-electron chi connectivity index (χ0n) is 8.01. The van der Waals surface area contributed by atoms with Gasteiger partial charge in [-0.3, -0.25) is 10.1 Å². The summed E-state index contributed by atoms with van der Waals surface area (Å²) >= 11 is 7.21. The topological polar surface area (TPSA) is 69.2 Å². The third-order valence-electron chi connectivity index (χ3n) is 2.08. The zero-order valence-corrected chi connectivity index (χ0v) is 9.59. The molecule has 2 aromatic rings. The largest absolute Gasteiger partial charge is 0.393 e. The molecule has 0 saturated carbocycles. The summed E-state index contributed by atoms with van der Waals surface area (Å²) in [5.74, 6) is 0. The predicted molar refractivity (Wildman–Crippen MR) is 65.8 cm³/mol. The molecule has 16 heavy (non-hydrogen) atoms. The number of hydrogen-bond donors (Lipinski definition) is 1. The Morgan fingerprint density at radius 2 is 2.06 bits per heavy atom. The molecule has 1 heterocycles. The highest BCUT2D eigenvalue weighted by molar-refractivity contribution is 7.19. The van der Waals surface area contributed by atoms with Crippen LogP contribution in [-0.2, 0) is 0 Å². The minimum Gasteiger partial charge on any atom is -0.393 e.